The van der Waals surface area contributed by atoms with Crippen molar-refractivity contribution in [2.24, 2.45) is 0 Å². The van der Waals surface area contributed by atoms with Gasteiger partial charge in [-0.25, -0.2) is 4.62 Å². The smallest absolute Gasteiger partial charge is 0.230 e. The topological polar surface area (TPSA) is 43.2 Å². The highest BCUT2D eigenvalue weighted by Crippen LogP contribution is 2.14. The summed E-state index contributed by atoms with van der Waals surface area (Å²) in [7, 11) is 3.69. The first-order chi connectivity index (χ1) is 6.77. The molecule has 0 radical (unpaired) electrons. The van der Waals surface area contributed by atoms with Crippen LogP contribution in [0.1, 0.15) is 0 Å². The molecule has 2 rings (SSSR count). The zero-order valence-corrected chi connectivity index (χ0v) is 9.24. The Balaban J connectivity index is 2.25. The highest BCUT2D eigenvalue weighted by molar-refractivity contribution is 7.29. The van der Waals surface area contributed by atoms with Crippen LogP contribution >= 0.6 is 8.96 Å². The fraction of sp³-hybridized carbons (Fsp3) is 0.250. The van der Waals surface area contributed by atoms with E-state index in [-0.39, 0.29) is 8.96 Å². The average Bonchev–Trinajstić information content (AvgIpc) is 2.58. The quantitative estimate of drug-likeness (QED) is 0.699. The van der Waals surface area contributed by atoms with Crippen molar-refractivity contribution < 1.29 is 4.62 Å². The van der Waals surface area contributed by atoms with Gasteiger partial charge in [0.1, 0.15) is 11.0 Å². The third kappa shape index (κ3) is 1.84. The molecule has 0 fully saturated rings. The normalized spacial score (nSPS) is 11.9. The lowest BCUT2D eigenvalue weighted by molar-refractivity contribution is 0.259. The average molecular weight is 211 g/mol. The maximum atomic E-state index is 5.47. The lowest BCUT2D eigenvalue weighted by atomic mass is 10.3. The number of fused-ring (bicyclic) bond motifs is 1. The van der Waals surface area contributed by atoms with Gasteiger partial charge in [-0.15, -0.1) is 5.10 Å². The summed E-state index contributed by atoms with van der Waals surface area (Å²) in [6.07, 6.45) is 0. The Labute approximate surface area is 83.5 Å². The first-order valence-corrected chi connectivity index (χ1v) is 5.23. The van der Waals surface area contributed by atoms with E-state index in [9.17, 15) is 0 Å². The number of para-hydroxylation sites is 1. The van der Waals surface area contributed by atoms with Crippen LogP contribution in [-0.2, 0) is 0 Å². The molecule has 2 aromatic rings. The van der Waals surface area contributed by atoms with E-state index in [4.69, 9.17) is 4.62 Å². The minimum Gasteiger partial charge on any atom is -0.230 e. The van der Waals surface area contributed by atoms with Gasteiger partial charge in [0.15, 0.2) is 0 Å². The fourth-order valence-electron chi connectivity index (χ4n) is 1.06. The molecule has 1 aromatic heterocycles. The molecule has 5 nitrogen and oxygen atoms in total. The molecule has 1 aromatic carbocycles. The van der Waals surface area contributed by atoms with Crippen molar-refractivity contribution in [2.75, 3.05) is 14.1 Å². The van der Waals surface area contributed by atoms with Crippen molar-refractivity contribution in [2.45, 2.75) is 0 Å². The Kier molecular flexibility index (Phi) is 2.61. The summed E-state index contributed by atoms with van der Waals surface area (Å²) in [4.78, 5) is 1.48. The summed E-state index contributed by atoms with van der Waals surface area (Å²) in [6.45, 7) is 0. The molecule has 0 amide bonds. The molecule has 0 aliphatic heterocycles. The van der Waals surface area contributed by atoms with Crippen LogP contribution in [-0.4, -0.2) is 33.9 Å². The third-order valence-electron chi connectivity index (χ3n) is 1.68. The van der Waals surface area contributed by atoms with Crippen LogP contribution in [0.15, 0.2) is 24.3 Å². The zero-order chi connectivity index (χ0) is 9.97. The minimum atomic E-state index is -0.239. The summed E-state index contributed by atoms with van der Waals surface area (Å²) in [5.74, 6) is 0. The molecule has 14 heavy (non-hydrogen) atoms. The second-order valence-electron chi connectivity index (χ2n) is 3.13. The lowest BCUT2D eigenvalue weighted by Gasteiger charge is -2.01. The molecule has 0 aliphatic carbocycles. The zero-order valence-electron chi connectivity index (χ0n) is 8.08. The predicted molar refractivity (Wildman–Crippen MR) is 57.5 cm³/mol. The maximum Gasteiger partial charge on any atom is 0.269 e. The minimum absolute atomic E-state index is 0.239. The van der Waals surface area contributed by atoms with Crippen LogP contribution in [0.5, 0.6) is 0 Å². The molecule has 1 unspecified atom stereocenters. The highest BCUT2D eigenvalue weighted by Gasteiger charge is 2.07. The maximum absolute atomic E-state index is 5.47. The van der Waals surface area contributed by atoms with Crippen LogP contribution in [0, 0.1) is 0 Å². The monoisotopic (exact) mass is 211 g/mol. The molecular formula is C8H12N4OP+. The molecule has 0 aliphatic rings. The summed E-state index contributed by atoms with van der Waals surface area (Å²) in [5.41, 5.74) is 1.76. The Bertz CT molecular complexity index is 428. The molecule has 0 spiro atoms. The van der Waals surface area contributed by atoms with Gasteiger partial charge < -0.3 is 0 Å². The summed E-state index contributed by atoms with van der Waals surface area (Å²) < 4.78 is 7.47. The van der Waals surface area contributed by atoms with Gasteiger partial charge in [0.25, 0.3) is 8.96 Å². The molecule has 1 heterocycles. The number of hydrogen-bond acceptors (Lipinski definition) is 4. The Morgan fingerprint density at radius 2 is 2.14 bits per heavy atom. The molecule has 6 heteroatoms. The van der Waals surface area contributed by atoms with Crippen LogP contribution in [0.3, 0.4) is 0 Å². The molecule has 1 atom stereocenters. The van der Waals surface area contributed by atoms with E-state index in [0.717, 1.165) is 11.0 Å². The number of nitrogens with zero attached hydrogens (tertiary/aromatic N) is 4. The van der Waals surface area contributed by atoms with Gasteiger partial charge in [-0.1, -0.05) is 12.1 Å². The molecular weight excluding hydrogens is 199 g/mol. The van der Waals surface area contributed by atoms with Crippen molar-refractivity contribution in [3.05, 3.63) is 24.3 Å². The Hall–Kier alpha value is -1.19. The molecule has 0 bridgehead atoms. The lowest BCUT2D eigenvalue weighted by Crippen LogP contribution is -2.10. The summed E-state index contributed by atoms with van der Waals surface area (Å²) >= 11 is 0. The van der Waals surface area contributed by atoms with Gasteiger partial charge >= 0.3 is 0 Å². The van der Waals surface area contributed by atoms with Crippen LogP contribution in [0.25, 0.3) is 11.0 Å². The van der Waals surface area contributed by atoms with E-state index in [1.165, 1.54) is 4.85 Å². The first-order valence-electron chi connectivity index (χ1n) is 4.25. The molecule has 74 valence electrons. The van der Waals surface area contributed by atoms with Gasteiger partial charge in [0, 0.05) is 14.1 Å². The second-order valence-corrected chi connectivity index (χ2v) is 4.58. The number of rotatable bonds is 3. The standard InChI is InChI=1S/C8H11N4OP/c1-11(2)14-13-12-8-6-4-3-5-7(8)9-10-12/h3-6,14H,1-2H3/p+1. The van der Waals surface area contributed by atoms with E-state index in [1.807, 2.05) is 43.0 Å². The van der Waals surface area contributed by atoms with E-state index in [0.29, 0.717) is 0 Å². The highest BCUT2D eigenvalue weighted by atomic mass is 31.1. The van der Waals surface area contributed by atoms with Crippen molar-refractivity contribution >= 4 is 20.0 Å². The molecule has 0 N–H and O–H groups in total. The van der Waals surface area contributed by atoms with Crippen molar-refractivity contribution in [1.82, 2.24) is 19.8 Å². The van der Waals surface area contributed by atoms with Gasteiger partial charge in [0.2, 0.25) is 0 Å². The van der Waals surface area contributed by atoms with E-state index < -0.39 is 0 Å². The van der Waals surface area contributed by atoms with Gasteiger partial charge in [-0.05, 0) is 22.2 Å². The van der Waals surface area contributed by atoms with E-state index in [1.54, 1.807) is 0 Å². The molecule has 0 saturated heterocycles. The van der Waals surface area contributed by atoms with Gasteiger partial charge in [-0.3, -0.25) is 0 Å². The SMILES string of the molecule is CN(C)[PH2+]On1nnc2ccccc21. The first kappa shape index (κ1) is 9.37. The number of benzene rings is 1. The van der Waals surface area contributed by atoms with Gasteiger partial charge in [0.05, 0.1) is 0 Å². The van der Waals surface area contributed by atoms with Crippen molar-refractivity contribution in [3.63, 3.8) is 0 Å². The third-order valence-corrected chi connectivity index (χ3v) is 2.39. The summed E-state index contributed by atoms with van der Waals surface area (Å²) in [5, 5.41) is 7.89. The predicted octanol–water partition coefficient (Wildman–Crippen LogP) is 0.662. The Morgan fingerprint density at radius 1 is 1.36 bits per heavy atom. The van der Waals surface area contributed by atoms with Gasteiger partial charge in [-0.2, -0.15) is 4.67 Å². The molecule has 0 saturated carbocycles. The second kappa shape index (κ2) is 3.90. The van der Waals surface area contributed by atoms with Crippen molar-refractivity contribution in [1.29, 1.82) is 0 Å². The van der Waals surface area contributed by atoms with E-state index >= 15 is 0 Å². The Morgan fingerprint density at radius 3 is 2.93 bits per heavy atom. The number of aromatic nitrogens is 3. The fourth-order valence-corrected chi connectivity index (χ4v) is 1.50. The van der Waals surface area contributed by atoms with Crippen LogP contribution in [0.2, 0.25) is 0 Å². The summed E-state index contributed by atoms with van der Waals surface area (Å²) in [6, 6.07) is 7.72. The van der Waals surface area contributed by atoms with Crippen LogP contribution in [0.4, 0.5) is 0 Å². The van der Waals surface area contributed by atoms with E-state index in [2.05, 4.69) is 10.3 Å². The number of hydrogen-bond donors (Lipinski definition) is 0. The van der Waals surface area contributed by atoms with Crippen molar-refractivity contribution in [3.8, 4) is 0 Å². The van der Waals surface area contributed by atoms with Crippen LogP contribution < -0.4 is 4.62 Å². The largest absolute Gasteiger partial charge is 0.269 e.